The molecule has 0 spiro atoms. The summed E-state index contributed by atoms with van der Waals surface area (Å²) in [5, 5.41) is 0. The fourth-order valence-electron chi connectivity index (χ4n) is 2.72. The van der Waals surface area contributed by atoms with Crippen molar-refractivity contribution in [3.05, 3.63) is 0 Å². The lowest BCUT2D eigenvalue weighted by atomic mass is 10.0. The van der Waals surface area contributed by atoms with Crippen molar-refractivity contribution in [2.24, 2.45) is 0 Å². The molecule has 0 N–H and O–H groups in total. The highest BCUT2D eigenvalue weighted by Gasteiger charge is 2.04. The first kappa shape index (κ1) is 21.3. The van der Waals surface area contributed by atoms with Crippen molar-refractivity contribution in [1.29, 1.82) is 0 Å². The Morgan fingerprint density at radius 2 is 0.773 bits per heavy atom. The third-order valence-corrected chi connectivity index (χ3v) is 4.28. The van der Waals surface area contributed by atoms with Crippen LogP contribution in [0.25, 0.3) is 0 Å². The second-order valence-electron chi connectivity index (χ2n) is 6.61. The highest BCUT2D eigenvalue weighted by atomic mass is 16.1. The topological polar surface area (TPSA) is 34.1 Å². The molecule has 22 heavy (non-hydrogen) atoms. The van der Waals surface area contributed by atoms with E-state index in [0.717, 1.165) is 44.9 Å². The Balaban J connectivity index is 3.27. The summed E-state index contributed by atoms with van der Waals surface area (Å²) in [5.74, 6) is 0.768. The Morgan fingerprint density at radius 3 is 1.23 bits per heavy atom. The van der Waals surface area contributed by atoms with E-state index in [1.54, 1.807) is 0 Å². The quantitative estimate of drug-likeness (QED) is 0.291. The Morgan fingerprint density at radius 1 is 0.455 bits per heavy atom. The summed E-state index contributed by atoms with van der Waals surface area (Å²) < 4.78 is 0. The van der Waals surface area contributed by atoms with Crippen molar-refractivity contribution in [1.82, 2.24) is 0 Å². The molecule has 0 saturated carbocycles. The second kappa shape index (κ2) is 16.7. The normalized spacial score (nSPS) is 10.8. The van der Waals surface area contributed by atoms with Crippen molar-refractivity contribution in [3.63, 3.8) is 0 Å². The van der Waals surface area contributed by atoms with Gasteiger partial charge in [-0.1, -0.05) is 65.2 Å². The summed E-state index contributed by atoms with van der Waals surface area (Å²) in [4.78, 5) is 23.2. The van der Waals surface area contributed by atoms with Crippen LogP contribution in [0.3, 0.4) is 0 Å². The SMILES string of the molecule is CCCCCCCCCCC(=O)CCCCC(=O)CCCC. The van der Waals surface area contributed by atoms with Crippen LogP contribution in [0.1, 0.15) is 117 Å². The maximum atomic E-state index is 11.7. The van der Waals surface area contributed by atoms with E-state index in [1.807, 2.05) is 0 Å². The van der Waals surface area contributed by atoms with Crippen LogP contribution in [0.2, 0.25) is 0 Å². The Hall–Kier alpha value is -0.660. The van der Waals surface area contributed by atoms with Gasteiger partial charge in [-0.2, -0.15) is 0 Å². The molecule has 0 aromatic heterocycles. The monoisotopic (exact) mass is 310 g/mol. The fourth-order valence-corrected chi connectivity index (χ4v) is 2.72. The molecule has 0 bridgehead atoms. The van der Waals surface area contributed by atoms with E-state index in [2.05, 4.69) is 13.8 Å². The molecule has 0 aliphatic rings. The summed E-state index contributed by atoms with van der Waals surface area (Å²) in [6, 6.07) is 0. The molecular formula is C20H38O2. The van der Waals surface area contributed by atoms with Gasteiger partial charge in [0, 0.05) is 25.7 Å². The number of Topliss-reactive ketones (excluding diaryl/α,β-unsaturated/α-hetero) is 2. The molecule has 0 saturated heterocycles. The molecule has 0 heterocycles. The number of carbonyl (C=O) groups excluding carboxylic acids is 2. The number of carbonyl (C=O) groups is 2. The maximum absolute atomic E-state index is 11.7. The molecule has 0 aliphatic heterocycles. The molecule has 2 nitrogen and oxygen atoms in total. The molecule has 0 amide bonds. The lowest BCUT2D eigenvalue weighted by Crippen LogP contribution is -2.00. The number of unbranched alkanes of at least 4 members (excludes halogenated alkanes) is 9. The zero-order valence-corrected chi connectivity index (χ0v) is 15.1. The van der Waals surface area contributed by atoms with Crippen molar-refractivity contribution < 1.29 is 9.59 Å². The molecule has 0 aromatic rings. The Bertz CT molecular complexity index is 271. The third kappa shape index (κ3) is 15.7. The summed E-state index contributed by atoms with van der Waals surface area (Å²) in [5.41, 5.74) is 0. The van der Waals surface area contributed by atoms with Gasteiger partial charge in [0.15, 0.2) is 0 Å². The number of hydrogen-bond donors (Lipinski definition) is 0. The lowest BCUT2D eigenvalue weighted by Gasteiger charge is -2.03. The molecule has 0 fully saturated rings. The van der Waals surface area contributed by atoms with E-state index in [0.29, 0.717) is 24.4 Å². The van der Waals surface area contributed by atoms with Gasteiger partial charge in [0.05, 0.1) is 0 Å². The molecule has 2 heteroatoms. The van der Waals surface area contributed by atoms with Crippen LogP contribution in [0.5, 0.6) is 0 Å². The van der Waals surface area contributed by atoms with E-state index >= 15 is 0 Å². The van der Waals surface area contributed by atoms with Gasteiger partial charge in [-0.25, -0.2) is 0 Å². The van der Waals surface area contributed by atoms with Crippen LogP contribution < -0.4 is 0 Å². The van der Waals surface area contributed by atoms with Crippen molar-refractivity contribution in [2.75, 3.05) is 0 Å². The van der Waals surface area contributed by atoms with Crippen molar-refractivity contribution >= 4 is 11.6 Å². The summed E-state index contributed by atoms with van der Waals surface area (Å²) in [6.07, 6.45) is 17.0. The van der Waals surface area contributed by atoms with E-state index in [1.165, 1.54) is 44.9 Å². The first-order chi connectivity index (χ1) is 10.7. The predicted molar refractivity (Wildman–Crippen MR) is 95.2 cm³/mol. The highest BCUT2D eigenvalue weighted by molar-refractivity contribution is 5.79. The maximum Gasteiger partial charge on any atom is 0.132 e. The molecule has 130 valence electrons. The van der Waals surface area contributed by atoms with E-state index in [4.69, 9.17) is 0 Å². The minimum Gasteiger partial charge on any atom is -0.300 e. The molecule has 0 radical (unpaired) electrons. The van der Waals surface area contributed by atoms with Crippen LogP contribution in [0.15, 0.2) is 0 Å². The zero-order chi connectivity index (χ0) is 16.5. The number of rotatable bonds is 17. The first-order valence-corrected chi connectivity index (χ1v) is 9.74. The molecule has 0 atom stereocenters. The van der Waals surface area contributed by atoms with Gasteiger partial charge in [-0.15, -0.1) is 0 Å². The van der Waals surface area contributed by atoms with Gasteiger partial charge in [0.2, 0.25) is 0 Å². The smallest absolute Gasteiger partial charge is 0.132 e. The van der Waals surface area contributed by atoms with Crippen LogP contribution in [-0.2, 0) is 9.59 Å². The molecular weight excluding hydrogens is 272 g/mol. The summed E-state index contributed by atoms with van der Waals surface area (Å²) in [6.45, 7) is 4.35. The minimum absolute atomic E-state index is 0.373. The summed E-state index contributed by atoms with van der Waals surface area (Å²) in [7, 11) is 0. The third-order valence-electron chi connectivity index (χ3n) is 4.28. The second-order valence-corrected chi connectivity index (χ2v) is 6.61. The van der Waals surface area contributed by atoms with E-state index in [9.17, 15) is 9.59 Å². The van der Waals surface area contributed by atoms with Gasteiger partial charge in [-0.3, -0.25) is 9.59 Å². The standard InChI is InChI=1S/C20H38O2/c1-3-5-7-8-9-10-11-12-16-20(22)18-14-13-17-19(21)15-6-4-2/h3-18H2,1-2H3. The lowest BCUT2D eigenvalue weighted by molar-refractivity contribution is -0.121. The van der Waals surface area contributed by atoms with E-state index < -0.39 is 0 Å². The Kier molecular flexibility index (Phi) is 16.2. The fraction of sp³-hybridized carbons (Fsp3) is 0.900. The predicted octanol–water partition coefficient (Wildman–Crippen LogP) is 6.41. The number of hydrogen-bond acceptors (Lipinski definition) is 2. The zero-order valence-electron chi connectivity index (χ0n) is 15.1. The van der Waals surface area contributed by atoms with Gasteiger partial charge >= 0.3 is 0 Å². The highest BCUT2D eigenvalue weighted by Crippen LogP contribution is 2.11. The molecule has 0 rings (SSSR count). The van der Waals surface area contributed by atoms with E-state index in [-0.39, 0.29) is 0 Å². The average Bonchev–Trinajstić information content (AvgIpc) is 2.52. The number of ketones is 2. The van der Waals surface area contributed by atoms with Gasteiger partial charge < -0.3 is 0 Å². The van der Waals surface area contributed by atoms with Crippen LogP contribution in [0, 0.1) is 0 Å². The Labute approximate surface area is 138 Å². The largest absolute Gasteiger partial charge is 0.300 e. The average molecular weight is 311 g/mol. The van der Waals surface area contributed by atoms with Gasteiger partial charge in [0.25, 0.3) is 0 Å². The molecule has 0 aliphatic carbocycles. The van der Waals surface area contributed by atoms with Crippen LogP contribution in [0.4, 0.5) is 0 Å². The van der Waals surface area contributed by atoms with Gasteiger partial charge in [0.1, 0.15) is 11.6 Å². The minimum atomic E-state index is 0.373. The molecule has 0 unspecified atom stereocenters. The van der Waals surface area contributed by atoms with Crippen molar-refractivity contribution in [2.45, 2.75) is 117 Å². The van der Waals surface area contributed by atoms with Crippen LogP contribution >= 0.6 is 0 Å². The molecule has 0 aromatic carbocycles. The summed E-state index contributed by atoms with van der Waals surface area (Å²) >= 11 is 0. The first-order valence-electron chi connectivity index (χ1n) is 9.74. The van der Waals surface area contributed by atoms with Gasteiger partial charge in [-0.05, 0) is 25.7 Å². The van der Waals surface area contributed by atoms with Crippen molar-refractivity contribution in [3.8, 4) is 0 Å². The van der Waals surface area contributed by atoms with Crippen LogP contribution in [-0.4, -0.2) is 11.6 Å².